The Bertz CT molecular complexity index is 838. The third kappa shape index (κ3) is 3.91. The van der Waals surface area contributed by atoms with Crippen LogP contribution in [0.15, 0.2) is 0 Å². The molecule has 0 radical (unpaired) electrons. The predicted octanol–water partition coefficient (Wildman–Crippen LogP) is 1.47. The summed E-state index contributed by atoms with van der Waals surface area (Å²) in [6.45, 7) is 4.87. The van der Waals surface area contributed by atoms with Crippen LogP contribution >= 0.6 is 24.4 Å². The second kappa shape index (κ2) is 8.10. The van der Waals surface area contributed by atoms with Crippen LogP contribution in [0.2, 0.25) is 0 Å². The Kier molecular flexibility index (Phi) is 6.64. The zero-order chi connectivity index (χ0) is 20.3. The van der Waals surface area contributed by atoms with Gasteiger partial charge < -0.3 is 16.8 Å². The number of nitro groups is 2. The van der Waals surface area contributed by atoms with Gasteiger partial charge in [-0.2, -0.15) is 0 Å². The fourth-order valence-electron chi connectivity index (χ4n) is 2.56. The molecule has 0 aromatic heterocycles. The number of hydrogen-bond acceptors (Lipinski definition) is 7. The first-order valence-corrected chi connectivity index (χ1v) is 8.19. The van der Waals surface area contributed by atoms with Crippen molar-refractivity contribution in [2.24, 2.45) is 11.5 Å². The normalized spacial score (nSPS) is 10.5. The SMILES string of the molecule is CCc1c(C(=O)NC(C)C)c(C(N)=S)c([N+](=O)[O-])c(C(N)=S)c1[N+](=O)[O-]. The Labute approximate surface area is 159 Å². The Morgan fingerprint density at radius 2 is 1.50 bits per heavy atom. The van der Waals surface area contributed by atoms with Gasteiger partial charge in [-0.05, 0) is 20.3 Å². The molecule has 10 nitrogen and oxygen atoms in total. The predicted molar refractivity (Wildman–Crippen MR) is 104 cm³/mol. The van der Waals surface area contributed by atoms with E-state index in [1.807, 2.05) is 0 Å². The lowest BCUT2D eigenvalue weighted by atomic mass is 9.90. The van der Waals surface area contributed by atoms with E-state index < -0.39 is 48.2 Å². The first-order chi connectivity index (χ1) is 11.9. The lowest BCUT2D eigenvalue weighted by molar-refractivity contribution is -0.394. The summed E-state index contributed by atoms with van der Waals surface area (Å²) in [5, 5.41) is 25.8. The van der Waals surface area contributed by atoms with Crippen LogP contribution in [-0.4, -0.2) is 31.8 Å². The minimum atomic E-state index is -0.929. The Balaban J connectivity index is 4.27. The third-order valence-corrected chi connectivity index (χ3v) is 3.81. The van der Waals surface area contributed by atoms with Crippen molar-refractivity contribution >= 4 is 51.7 Å². The second-order valence-corrected chi connectivity index (χ2v) is 6.40. The van der Waals surface area contributed by atoms with E-state index in [0.717, 1.165) is 0 Å². The van der Waals surface area contributed by atoms with Crippen molar-refractivity contribution < 1.29 is 14.6 Å². The molecule has 0 saturated carbocycles. The molecule has 0 unspecified atom stereocenters. The highest BCUT2D eigenvalue weighted by molar-refractivity contribution is 7.81. The van der Waals surface area contributed by atoms with Crippen LogP contribution in [0.5, 0.6) is 0 Å². The quantitative estimate of drug-likeness (QED) is 0.349. The summed E-state index contributed by atoms with van der Waals surface area (Å²) in [5.74, 6) is -0.764. The molecular formula is C14H17N5O5S2. The summed E-state index contributed by atoms with van der Waals surface area (Å²) in [6.07, 6.45) is 0.000380. The van der Waals surface area contributed by atoms with Crippen LogP contribution in [0.1, 0.15) is 47.8 Å². The molecule has 12 heteroatoms. The molecular weight excluding hydrogens is 382 g/mol. The number of nitrogens with two attached hydrogens (primary N) is 2. The molecule has 0 saturated heterocycles. The van der Waals surface area contributed by atoms with Crippen LogP contribution < -0.4 is 16.8 Å². The summed E-state index contributed by atoms with van der Waals surface area (Å²) in [4.78, 5) is 33.1. The largest absolute Gasteiger partial charge is 0.389 e. The van der Waals surface area contributed by atoms with E-state index in [4.69, 9.17) is 35.9 Å². The van der Waals surface area contributed by atoms with Gasteiger partial charge in [0.1, 0.15) is 15.5 Å². The molecule has 0 aliphatic rings. The standard InChI is InChI=1S/C14H17N5O5S2/c1-4-6-7(14(20)17-5(2)3)8(12(15)25)11(19(23)24)9(13(16)26)10(6)18(21)22/h5H,4H2,1-3H3,(H2,15,25)(H2,16,26)(H,17,20). The van der Waals surface area contributed by atoms with Crippen molar-refractivity contribution in [1.82, 2.24) is 5.32 Å². The van der Waals surface area contributed by atoms with Gasteiger partial charge in [0.25, 0.3) is 17.3 Å². The highest BCUT2D eigenvalue weighted by Crippen LogP contribution is 2.39. The lowest BCUT2D eigenvalue weighted by Crippen LogP contribution is -2.34. The lowest BCUT2D eigenvalue weighted by Gasteiger charge is -2.18. The van der Waals surface area contributed by atoms with Crippen molar-refractivity contribution in [3.63, 3.8) is 0 Å². The number of thiocarbonyl (C=S) groups is 2. The van der Waals surface area contributed by atoms with E-state index in [9.17, 15) is 25.0 Å². The number of carbonyl (C=O) groups is 1. The summed E-state index contributed by atoms with van der Waals surface area (Å²) in [6, 6.07) is -0.334. The highest BCUT2D eigenvalue weighted by atomic mass is 32.1. The van der Waals surface area contributed by atoms with E-state index in [0.29, 0.717) is 0 Å². The topological polar surface area (TPSA) is 167 Å². The highest BCUT2D eigenvalue weighted by Gasteiger charge is 2.40. The zero-order valence-corrected chi connectivity index (χ0v) is 15.8. The van der Waals surface area contributed by atoms with E-state index in [1.54, 1.807) is 20.8 Å². The number of hydrogen-bond donors (Lipinski definition) is 3. The van der Waals surface area contributed by atoms with Gasteiger partial charge in [0, 0.05) is 11.6 Å². The van der Waals surface area contributed by atoms with Gasteiger partial charge in [-0.25, -0.2) is 0 Å². The molecule has 0 fully saturated rings. The maximum atomic E-state index is 12.7. The van der Waals surface area contributed by atoms with Crippen LogP contribution in [0.25, 0.3) is 0 Å². The fraction of sp³-hybridized carbons (Fsp3) is 0.357. The number of nitrogens with zero attached hydrogens (tertiary/aromatic N) is 2. The molecule has 0 heterocycles. The van der Waals surface area contributed by atoms with Crippen LogP contribution in [-0.2, 0) is 6.42 Å². The van der Waals surface area contributed by atoms with E-state index >= 15 is 0 Å². The molecule has 1 aromatic rings. The third-order valence-electron chi connectivity index (χ3n) is 3.41. The average molecular weight is 399 g/mol. The van der Waals surface area contributed by atoms with Gasteiger partial charge >= 0.3 is 0 Å². The number of amides is 1. The average Bonchev–Trinajstić information content (AvgIpc) is 2.50. The zero-order valence-electron chi connectivity index (χ0n) is 14.2. The first kappa shape index (κ1) is 21.3. The molecule has 0 spiro atoms. The molecule has 0 atom stereocenters. The summed E-state index contributed by atoms with van der Waals surface area (Å²) < 4.78 is 0. The number of nitro benzene ring substituents is 2. The number of nitrogens with one attached hydrogen (secondary N) is 1. The van der Waals surface area contributed by atoms with Gasteiger partial charge in [-0.3, -0.25) is 25.0 Å². The Hall–Kier alpha value is -2.73. The van der Waals surface area contributed by atoms with Crippen LogP contribution in [0.3, 0.4) is 0 Å². The maximum Gasteiger partial charge on any atom is 0.297 e. The van der Waals surface area contributed by atoms with Gasteiger partial charge in [0.05, 0.1) is 15.4 Å². The van der Waals surface area contributed by atoms with E-state index in [2.05, 4.69) is 5.32 Å². The van der Waals surface area contributed by atoms with Crippen molar-refractivity contribution in [2.75, 3.05) is 0 Å². The Morgan fingerprint density at radius 3 is 1.81 bits per heavy atom. The molecule has 0 bridgehead atoms. The molecule has 1 rings (SSSR count). The molecule has 0 aliphatic carbocycles. The van der Waals surface area contributed by atoms with Crippen molar-refractivity contribution in [2.45, 2.75) is 33.2 Å². The monoisotopic (exact) mass is 399 g/mol. The van der Waals surface area contributed by atoms with Crippen LogP contribution in [0, 0.1) is 20.2 Å². The summed E-state index contributed by atoms with van der Waals surface area (Å²) in [7, 11) is 0. The molecule has 1 amide bonds. The number of carbonyl (C=O) groups excluding carboxylic acids is 1. The molecule has 5 N–H and O–H groups in total. The van der Waals surface area contributed by atoms with E-state index in [1.165, 1.54) is 0 Å². The van der Waals surface area contributed by atoms with Gasteiger partial charge in [-0.15, -0.1) is 0 Å². The molecule has 26 heavy (non-hydrogen) atoms. The summed E-state index contributed by atoms with van der Waals surface area (Å²) >= 11 is 9.68. The van der Waals surface area contributed by atoms with Crippen molar-refractivity contribution in [3.8, 4) is 0 Å². The maximum absolute atomic E-state index is 12.7. The number of rotatable bonds is 7. The molecule has 140 valence electrons. The van der Waals surface area contributed by atoms with Crippen LogP contribution in [0.4, 0.5) is 11.4 Å². The fourth-order valence-corrected chi connectivity index (χ4v) is 2.95. The van der Waals surface area contributed by atoms with Gasteiger partial charge in [0.15, 0.2) is 5.56 Å². The van der Waals surface area contributed by atoms with Crippen molar-refractivity contribution in [1.29, 1.82) is 0 Å². The molecule has 1 aromatic carbocycles. The molecule has 0 aliphatic heterocycles. The second-order valence-electron chi connectivity index (χ2n) is 5.53. The first-order valence-electron chi connectivity index (χ1n) is 7.37. The van der Waals surface area contributed by atoms with Gasteiger partial charge in [0.2, 0.25) is 0 Å². The Morgan fingerprint density at radius 1 is 1.04 bits per heavy atom. The summed E-state index contributed by atoms with van der Waals surface area (Å²) in [5.41, 5.74) is 8.26. The van der Waals surface area contributed by atoms with Gasteiger partial charge in [-0.1, -0.05) is 31.4 Å². The minimum absolute atomic E-state index is 0.000380. The number of benzene rings is 1. The minimum Gasteiger partial charge on any atom is -0.389 e. The van der Waals surface area contributed by atoms with E-state index in [-0.39, 0.29) is 23.6 Å². The smallest absolute Gasteiger partial charge is 0.297 e. The van der Waals surface area contributed by atoms with Crippen molar-refractivity contribution in [3.05, 3.63) is 42.5 Å².